The fraction of sp³-hybridized carbons (Fsp3) is 0.333. The lowest BCUT2D eigenvalue weighted by Gasteiger charge is -2.28. The number of hydrogen-bond donors (Lipinski definition) is 1. The fourth-order valence-corrected chi connectivity index (χ4v) is 4.69. The molecule has 0 radical (unpaired) electrons. The number of ketones is 1. The number of carbonyl (C=O) groups excluding carboxylic acids is 2. The Hall–Kier alpha value is -3.08. The number of Topliss-reactive ketones (excluding diaryl/α,β-unsaturated/α-hetero) is 1. The Kier molecular flexibility index (Phi) is 7.40. The minimum absolute atomic E-state index is 0.169. The van der Waals surface area contributed by atoms with Gasteiger partial charge in [-0.05, 0) is 23.3 Å². The maximum Gasteiger partial charge on any atom is 0.295 e. The van der Waals surface area contributed by atoms with Crippen LogP contribution in [0.2, 0.25) is 0 Å². The highest BCUT2D eigenvalue weighted by Gasteiger charge is 2.44. The van der Waals surface area contributed by atoms with Crippen molar-refractivity contribution >= 4 is 39.1 Å². The lowest BCUT2D eigenvalue weighted by atomic mass is 9.95. The zero-order chi connectivity index (χ0) is 24.2. The zero-order valence-corrected chi connectivity index (χ0v) is 20.0. The number of amides is 1. The molecule has 2 saturated heterocycles. The summed E-state index contributed by atoms with van der Waals surface area (Å²) in [5, 5.41) is 24.7. The molecule has 0 aliphatic carbocycles. The van der Waals surface area contributed by atoms with Gasteiger partial charge in [0.05, 0.1) is 30.7 Å². The second-order valence-corrected chi connectivity index (χ2v) is 9.21. The second kappa shape index (κ2) is 10.5. The van der Waals surface area contributed by atoms with E-state index in [-0.39, 0.29) is 23.4 Å². The van der Waals surface area contributed by atoms with Crippen LogP contribution in [-0.2, 0) is 14.3 Å². The number of nitro groups is 1. The van der Waals surface area contributed by atoms with Crippen LogP contribution >= 0.6 is 15.9 Å². The normalized spacial score (nSPS) is 20.6. The Bertz CT molecular complexity index is 1130. The number of halogens is 1. The Balaban J connectivity index is 1.70. The molecular weight excluding hydrogens is 506 g/mol. The molecule has 1 atom stereocenters. The van der Waals surface area contributed by atoms with Crippen LogP contribution in [0.15, 0.2) is 58.6 Å². The minimum atomic E-state index is -0.976. The van der Waals surface area contributed by atoms with Crippen LogP contribution in [0.4, 0.5) is 5.69 Å². The number of benzene rings is 2. The summed E-state index contributed by atoms with van der Waals surface area (Å²) in [6, 6.07) is 11.3. The van der Waals surface area contributed by atoms with Gasteiger partial charge in [0.2, 0.25) is 5.78 Å². The number of hydrogen-bond acceptors (Lipinski definition) is 6. The molecule has 0 aromatic heterocycles. The van der Waals surface area contributed by atoms with Crippen molar-refractivity contribution < 1.29 is 29.3 Å². The summed E-state index contributed by atoms with van der Waals surface area (Å²) in [4.78, 5) is 39.6. The Morgan fingerprint density at radius 1 is 1.15 bits per heavy atom. The third-order valence-electron chi connectivity index (χ3n) is 6.16. The van der Waals surface area contributed by atoms with E-state index in [4.69, 9.17) is 4.74 Å². The molecule has 2 aliphatic heterocycles. The van der Waals surface area contributed by atoms with E-state index in [1.807, 2.05) is 0 Å². The summed E-state index contributed by atoms with van der Waals surface area (Å²) in [6.45, 7) is 4.18. The molecule has 0 bridgehead atoms. The van der Waals surface area contributed by atoms with E-state index >= 15 is 0 Å². The standard InChI is InChI=1S/C24H24BrN3O6/c25-18-7-5-16(6-8-18)22(29)20-21(17-3-1-4-19(15-17)28(32)33)27(24(31)23(20)30)10-2-9-26-11-13-34-14-12-26/h1,3-8,15,21,29H,2,9-14H2. The van der Waals surface area contributed by atoms with Gasteiger partial charge < -0.3 is 19.6 Å². The first-order valence-electron chi connectivity index (χ1n) is 11.0. The number of nitro benzene ring substituents is 1. The van der Waals surface area contributed by atoms with E-state index in [1.54, 1.807) is 30.3 Å². The average molecular weight is 530 g/mol. The summed E-state index contributed by atoms with van der Waals surface area (Å²) in [5.41, 5.74) is 0.297. The summed E-state index contributed by atoms with van der Waals surface area (Å²) in [5.74, 6) is -2.17. The predicted octanol–water partition coefficient (Wildman–Crippen LogP) is 0.887. The molecule has 4 rings (SSSR count). The number of non-ortho nitro benzene ring substituents is 1. The fourth-order valence-electron chi connectivity index (χ4n) is 4.42. The van der Waals surface area contributed by atoms with Crippen molar-refractivity contribution in [1.29, 1.82) is 0 Å². The molecule has 2 fully saturated rings. The van der Waals surface area contributed by atoms with Crippen LogP contribution in [0, 0.1) is 10.1 Å². The molecule has 10 heteroatoms. The van der Waals surface area contributed by atoms with E-state index in [9.17, 15) is 24.8 Å². The first kappa shape index (κ1) is 24.1. The summed E-state index contributed by atoms with van der Waals surface area (Å²) in [6.07, 6.45) is 0.625. The molecule has 0 saturated carbocycles. The van der Waals surface area contributed by atoms with Gasteiger partial charge in [-0.25, -0.2) is 0 Å². The lowest BCUT2D eigenvalue weighted by Crippen LogP contribution is -3.14. The SMILES string of the molecule is O=C1C(=O)N(CCC[NH+]2CCOCC2)C(c2cccc([N+](=O)[O-])c2)C1=C([O-])c1ccc(Br)cc1. The maximum atomic E-state index is 13.4. The van der Waals surface area contributed by atoms with Gasteiger partial charge in [0.25, 0.3) is 11.6 Å². The number of ether oxygens (including phenoxy) is 1. The molecule has 1 unspecified atom stereocenters. The maximum absolute atomic E-state index is 13.4. The van der Waals surface area contributed by atoms with E-state index < -0.39 is 28.4 Å². The monoisotopic (exact) mass is 529 g/mol. The van der Waals surface area contributed by atoms with Crippen molar-refractivity contribution in [3.63, 3.8) is 0 Å². The van der Waals surface area contributed by atoms with Gasteiger partial charge in [-0.1, -0.05) is 46.0 Å². The second-order valence-electron chi connectivity index (χ2n) is 8.30. The molecule has 9 nitrogen and oxygen atoms in total. The highest BCUT2D eigenvalue weighted by atomic mass is 79.9. The van der Waals surface area contributed by atoms with Crippen molar-refractivity contribution in [2.24, 2.45) is 0 Å². The number of nitrogens with zero attached hydrogens (tertiary/aromatic N) is 2. The van der Waals surface area contributed by atoms with E-state index in [0.29, 0.717) is 25.2 Å². The Morgan fingerprint density at radius 3 is 2.53 bits per heavy atom. The van der Waals surface area contributed by atoms with Gasteiger partial charge in [-0.2, -0.15) is 0 Å². The highest BCUT2D eigenvalue weighted by molar-refractivity contribution is 9.10. The van der Waals surface area contributed by atoms with Gasteiger partial charge in [-0.3, -0.25) is 19.7 Å². The summed E-state index contributed by atoms with van der Waals surface area (Å²) in [7, 11) is 0. The number of quaternary nitrogens is 1. The van der Waals surface area contributed by atoms with Crippen LogP contribution in [0.5, 0.6) is 0 Å². The molecule has 2 aliphatic rings. The average Bonchev–Trinajstić information content (AvgIpc) is 3.10. The van der Waals surface area contributed by atoms with Crippen LogP contribution in [0.25, 0.3) is 5.76 Å². The lowest BCUT2D eigenvalue weighted by molar-refractivity contribution is -0.908. The first-order chi connectivity index (χ1) is 16.4. The topological polar surface area (TPSA) is 117 Å². The number of likely N-dealkylation sites (tertiary alicyclic amines) is 1. The van der Waals surface area contributed by atoms with Gasteiger partial charge >= 0.3 is 0 Å². The van der Waals surface area contributed by atoms with Crippen molar-refractivity contribution in [3.8, 4) is 0 Å². The third-order valence-corrected chi connectivity index (χ3v) is 6.69. The quantitative estimate of drug-likeness (QED) is 0.187. The molecule has 2 aromatic rings. The zero-order valence-electron chi connectivity index (χ0n) is 18.4. The molecule has 2 aromatic carbocycles. The number of nitrogens with one attached hydrogen (secondary N) is 1. The summed E-state index contributed by atoms with van der Waals surface area (Å²) < 4.78 is 6.15. The molecule has 1 N–H and O–H groups in total. The van der Waals surface area contributed by atoms with Crippen molar-refractivity contribution in [2.75, 3.05) is 39.4 Å². The van der Waals surface area contributed by atoms with Crippen LogP contribution in [0.3, 0.4) is 0 Å². The Morgan fingerprint density at radius 2 is 1.85 bits per heavy atom. The van der Waals surface area contributed by atoms with E-state index in [1.165, 1.54) is 28.0 Å². The molecule has 1 amide bonds. The number of morpholine rings is 1. The van der Waals surface area contributed by atoms with E-state index in [0.717, 1.165) is 24.1 Å². The van der Waals surface area contributed by atoms with Crippen molar-refractivity contribution in [1.82, 2.24) is 4.90 Å². The predicted molar refractivity (Wildman–Crippen MR) is 125 cm³/mol. The summed E-state index contributed by atoms with van der Waals surface area (Å²) >= 11 is 3.32. The van der Waals surface area contributed by atoms with Gasteiger partial charge in [0.15, 0.2) is 0 Å². The molecule has 0 spiro atoms. The minimum Gasteiger partial charge on any atom is -0.872 e. The molecule has 2 heterocycles. The van der Waals surface area contributed by atoms with Crippen LogP contribution < -0.4 is 10.0 Å². The molecular formula is C24H24BrN3O6. The number of rotatable bonds is 7. The smallest absolute Gasteiger partial charge is 0.295 e. The first-order valence-corrected chi connectivity index (χ1v) is 11.8. The van der Waals surface area contributed by atoms with Gasteiger partial charge in [-0.15, -0.1) is 0 Å². The van der Waals surface area contributed by atoms with Crippen LogP contribution in [0.1, 0.15) is 23.6 Å². The van der Waals surface area contributed by atoms with Gasteiger partial charge in [0.1, 0.15) is 13.1 Å². The van der Waals surface area contributed by atoms with Crippen molar-refractivity contribution in [3.05, 3.63) is 79.8 Å². The van der Waals surface area contributed by atoms with E-state index in [2.05, 4.69) is 15.9 Å². The van der Waals surface area contributed by atoms with Crippen molar-refractivity contribution in [2.45, 2.75) is 12.5 Å². The molecule has 34 heavy (non-hydrogen) atoms. The largest absolute Gasteiger partial charge is 0.872 e. The highest BCUT2D eigenvalue weighted by Crippen LogP contribution is 2.39. The molecule has 178 valence electrons. The van der Waals surface area contributed by atoms with Crippen LogP contribution in [-0.4, -0.2) is 60.9 Å². The number of carbonyl (C=O) groups is 2. The van der Waals surface area contributed by atoms with Gasteiger partial charge in [0, 0.05) is 35.1 Å². The third kappa shape index (κ3) is 5.03. The Labute approximate surface area is 204 Å².